The third-order valence-corrected chi connectivity index (χ3v) is 4.93. The molecule has 0 unspecified atom stereocenters. The molecule has 0 aliphatic heterocycles. The monoisotopic (exact) mass is 420 g/mol. The predicted molar refractivity (Wildman–Crippen MR) is 112 cm³/mol. The summed E-state index contributed by atoms with van der Waals surface area (Å²) in [6.07, 6.45) is 1.67. The van der Waals surface area contributed by atoms with E-state index in [-0.39, 0.29) is 5.56 Å². The van der Waals surface area contributed by atoms with Crippen molar-refractivity contribution >= 4 is 38.6 Å². The quantitative estimate of drug-likeness (QED) is 0.483. The summed E-state index contributed by atoms with van der Waals surface area (Å²) in [5.74, 6) is 0.375. The lowest BCUT2D eigenvalue weighted by Gasteiger charge is -2.11. The highest BCUT2D eigenvalue weighted by Gasteiger charge is 2.12. The van der Waals surface area contributed by atoms with E-state index in [0.29, 0.717) is 17.0 Å². The third kappa shape index (κ3) is 3.48. The highest BCUT2D eigenvalue weighted by Crippen LogP contribution is 2.26. The molecule has 0 saturated heterocycles. The molecule has 4 aromatic rings. The van der Waals surface area contributed by atoms with Gasteiger partial charge in [0.05, 0.1) is 5.39 Å². The van der Waals surface area contributed by atoms with Gasteiger partial charge in [0.25, 0.3) is 5.56 Å². The highest BCUT2D eigenvalue weighted by molar-refractivity contribution is 9.10. The molecular formula is C21H17BrN4O. The summed E-state index contributed by atoms with van der Waals surface area (Å²) in [5.41, 5.74) is 5.08. The summed E-state index contributed by atoms with van der Waals surface area (Å²) >= 11 is 3.43. The van der Waals surface area contributed by atoms with Gasteiger partial charge in [-0.15, -0.1) is 0 Å². The topological polar surface area (TPSA) is 70.7 Å². The van der Waals surface area contributed by atoms with Crippen molar-refractivity contribution in [3.05, 3.63) is 80.7 Å². The first-order chi connectivity index (χ1) is 13.0. The van der Waals surface area contributed by atoms with Crippen molar-refractivity contribution in [1.82, 2.24) is 15.0 Å². The van der Waals surface area contributed by atoms with Crippen LogP contribution in [0.4, 0.5) is 11.6 Å². The zero-order chi connectivity index (χ0) is 19.0. The van der Waals surface area contributed by atoms with Gasteiger partial charge < -0.3 is 5.32 Å². The fraction of sp³-hybridized carbons (Fsp3) is 0.0952. The number of aryl methyl sites for hydroxylation is 2. The van der Waals surface area contributed by atoms with Crippen molar-refractivity contribution in [3.8, 4) is 11.1 Å². The van der Waals surface area contributed by atoms with Crippen LogP contribution < -0.4 is 10.9 Å². The van der Waals surface area contributed by atoms with E-state index < -0.39 is 0 Å². The highest BCUT2D eigenvalue weighted by atomic mass is 79.9. The zero-order valence-corrected chi connectivity index (χ0v) is 16.5. The molecule has 0 atom stereocenters. The Kier molecular flexibility index (Phi) is 4.49. The number of aromatic nitrogens is 3. The molecule has 0 bridgehead atoms. The van der Waals surface area contributed by atoms with E-state index >= 15 is 0 Å². The lowest BCUT2D eigenvalue weighted by atomic mass is 10.0. The van der Waals surface area contributed by atoms with Gasteiger partial charge in [-0.05, 0) is 54.8 Å². The van der Waals surface area contributed by atoms with E-state index in [4.69, 9.17) is 0 Å². The van der Waals surface area contributed by atoms with Crippen LogP contribution in [0.2, 0.25) is 0 Å². The molecule has 5 nitrogen and oxygen atoms in total. The van der Waals surface area contributed by atoms with E-state index in [2.05, 4.69) is 42.3 Å². The molecule has 27 heavy (non-hydrogen) atoms. The van der Waals surface area contributed by atoms with Crippen molar-refractivity contribution in [2.45, 2.75) is 13.8 Å². The summed E-state index contributed by atoms with van der Waals surface area (Å²) in [5, 5.41) is 3.66. The van der Waals surface area contributed by atoms with Gasteiger partial charge >= 0.3 is 0 Å². The van der Waals surface area contributed by atoms with Gasteiger partial charge in [0.15, 0.2) is 5.65 Å². The average molecular weight is 421 g/mol. The Balaban J connectivity index is 1.81. The molecule has 0 spiro atoms. The number of H-pyrrole nitrogens is 1. The first-order valence-electron chi connectivity index (χ1n) is 8.50. The predicted octanol–water partition coefficient (Wildman–Crippen LogP) is 5.11. The van der Waals surface area contributed by atoms with Crippen LogP contribution in [0.1, 0.15) is 11.1 Å². The molecule has 6 heteroatoms. The second-order valence-electron chi connectivity index (χ2n) is 6.42. The Bertz CT molecular complexity index is 1200. The molecule has 0 amide bonds. The summed E-state index contributed by atoms with van der Waals surface area (Å²) in [4.78, 5) is 24.5. The molecule has 134 valence electrons. The van der Waals surface area contributed by atoms with E-state index in [9.17, 15) is 4.79 Å². The molecule has 0 radical (unpaired) electrons. The van der Waals surface area contributed by atoms with Crippen LogP contribution in [-0.2, 0) is 0 Å². The maximum Gasteiger partial charge on any atom is 0.262 e. The van der Waals surface area contributed by atoms with Crippen LogP contribution in [0, 0.1) is 13.8 Å². The Labute approximate surface area is 164 Å². The van der Waals surface area contributed by atoms with Gasteiger partial charge in [-0.3, -0.25) is 9.78 Å². The SMILES string of the molecule is Cc1ccc(Nc2nc3nccc(-c4ccc(Br)cc4)c3c(=O)[nH]2)c(C)c1. The minimum atomic E-state index is -0.224. The molecule has 2 heterocycles. The Morgan fingerprint density at radius 2 is 1.81 bits per heavy atom. The number of anilines is 2. The number of rotatable bonds is 3. The Hall–Kier alpha value is -2.99. The van der Waals surface area contributed by atoms with Crippen LogP contribution in [0.25, 0.3) is 22.2 Å². The van der Waals surface area contributed by atoms with Gasteiger partial charge in [-0.1, -0.05) is 45.8 Å². The van der Waals surface area contributed by atoms with Crippen LogP contribution in [-0.4, -0.2) is 15.0 Å². The van der Waals surface area contributed by atoms with Crippen LogP contribution >= 0.6 is 15.9 Å². The Morgan fingerprint density at radius 3 is 2.56 bits per heavy atom. The van der Waals surface area contributed by atoms with Gasteiger partial charge in [0.1, 0.15) is 0 Å². The largest absolute Gasteiger partial charge is 0.325 e. The van der Waals surface area contributed by atoms with Crippen molar-refractivity contribution in [2.24, 2.45) is 0 Å². The van der Waals surface area contributed by atoms with Crippen LogP contribution in [0.5, 0.6) is 0 Å². The van der Waals surface area contributed by atoms with Crippen molar-refractivity contribution in [2.75, 3.05) is 5.32 Å². The first-order valence-corrected chi connectivity index (χ1v) is 9.30. The number of fused-ring (bicyclic) bond motifs is 1. The number of pyridine rings is 1. The molecule has 2 N–H and O–H groups in total. The summed E-state index contributed by atoms with van der Waals surface area (Å²) in [7, 11) is 0. The molecule has 4 rings (SSSR count). The van der Waals surface area contributed by atoms with Gasteiger partial charge in [0, 0.05) is 16.4 Å². The minimum absolute atomic E-state index is 0.224. The second kappa shape index (κ2) is 6.96. The van der Waals surface area contributed by atoms with E-state index in [1.54, 1.807) is 6.20 Å². The van der Waals surface area contributed by atoms with E-state index in [1.165, 1.54) is 5.56 Å². The summed E-state index contributed by atoms with van der Waals surface area (Å²) < 4.78 is 0.983. The van der Waals surface area contributed by atoms with E-state index in [1.807, 2.05) is 56.3 Å². The standard InChI is InChI=1S/C21H17BrN4O/c1-12-3-8-17(13(2)11-12)24-21-25-19-18(20(27)26-21)16(9-10-23-19)14-4-6-15(22)7-5-14/h3-11H,1-2H3,(H2,23,24,25,26,27). The fourth-order valence-electron chi connectivity index (χ4n) is 3.07. The van der Waals surface area contributed by atoms with Crippen molar-refractivity contribution < 1.29 is 0 Å². The van der Waals surface area contributed by atoms with Crippen molar-refractivity contribution in [3.63, 3.8) is 0 Å². The number of halogens is 1. The van der Waals surface area contributed by atoms with Gasteiger partial charge in [-0.2, -0.15) is 4.98 Å². The molecule has 0 aliphatic carbocycles. The Morgan fingerprint density at radius 1 is 1.04 bits per heavy atom. The number of hydrogen-bond acceptors (Lipinski definition) is 4. The molecular weight excluding hydrogens is 404 g/mol. The van der Waals surface area contributed by atoms with E-state index in [0.717, 1.165) is 26.9 Å². The minimum Gasteiger partial charge on any atom is -0.325 e. The smallest absolute Gasteiger partial charge is 0.262 e. The number of benzene rings is 2. The van der Waals surface area contributed by atoms with Crippen LogP contribution in [0.15, 0.2) is 64.0 Å². The summed E-state index contributed by atoms with van der Waals surface area (Å²) in [6.45, 7) is 4.05. The molecule has 0 saturated carbocycles. The number of nitrogens with one attached hydrogen (secondary N) is 2. The lowest BCUT2D eigenvalue weighted by molar-refractivity contribution is 1.14. The molecule has 0 aliphatic rings. The summed E-state index contributed by atoms with van der Waals surface area (Å²) in [6, 6.07) is 15.7. The normalized spacial score (nSPS) is 10.9. The number of hydrogen-bond donors (Lipinski definition) is 2. The number of nitrogens with zero attached hydrogens (tertiary/aromatic N) is 2. The average Bonchev–Trinajstić information content (AvgIpc) is 2.64. The molecule has 2 aromatic carbocycles. The third-order valence-electron chi connectivity index (χ3n) is 4.40. The first kappa shape index (κ1) is 17.4. The van der Waals surface area contributed by atoms with Gasteiger partial charge in [-0.25, -0.2) is 4.98 Å². The second-order valence-corrected chi connectivity index (χ2v) is 7.34. The van der Waals surface area contributed by atoms with Crippen LogP contribution in [0.3, 0.4) is 0 Å². The van der Waals surface area contributed by atoms with Crippen molar-refractivity contribution in [1.29, 1.82) is 0 Å². The maximum atomic E-state index is 12.8. The number of aromatic amines is 1. The maximum absolute atomic E-state index is 12.8. The molecule has 0 fully saturated rings. The van der Waals surface area contributed by atoms with Gasteiger partial charge in [0.2, 0.25) is 5.95 Å². The lowest BCUT2D eigenvalue weighted by Crippen LogP contribution is -2.13. The molecule has 2 aromatic heterocycles. The zero-order valence-electron chi connectivity index (χ0n) is 14.9. The fourth-order valence-corrected chi connectivity index (χ4v) is 3.34.